The Bertz CT molecular complexity index is 1160. The maximum absolute atomic E-state index is 14.1. The highest BCUT2D eigenvalue weighted by molar-refractivity contribution is 6.00. The van der Waals surface area contributed by atoms with E-state index in [4.69, 9.17) is 15.2 Å². The fourth-order valence-electron chi connectivity index (χ4n) is 4.33. The minimum absolute atomic E-state index is 0.0281. The first-order chi connectivity index (χ1) is 17.7. The smallest absolute Gasteiger partial charge is 0.410 e. The fourth-order valence-corrected chi connectivity index (χ4v) is 4.33. The SMILES string of the molecule is C=C(C)C(=O)C[C@H](NC(=O)OC(C)(C)C)C(=O)N1CC(OC(=O)N2Cc3cccc(F)c3C2)CC1C(N)=O. The molecule has 3 N–H and O–H groups in total. The molecule has 3 atom stereocenters. The van der Waals surface area contributed by atoms with Crippen LogP contribution in [0.4, 0.5) is 14.0 Å². The number of ether oxygens (including phenoxy) is 2. The maximum atomic E-state index is 14.1. The van der Waals surface area contributed by atoms with Crippen LogP contribution in [0.15, 0.2) is 30.4 Å². The van der Waals surface area contributed by atoms with Crippen molar-refractivity contribution in [1.29, 1.82) is 0 Å². The Balaban J connectivity index is 1.72. The first kappa shape index (κ1) is 28.6. The van der Waals surface area contributed by atoms with Crippen molar-refractivity contribution < 1.29 is 37.8 Å². The molecule has 0 spiro atoms. The zero-order valence-corrected chi connectivity index (χ0v) is 21.9. The Morgan fingerprint density at radius 1 is 1.21 bits per heavy atom. The number of benzene rings is 1. The van der Waals surface area contributed by atoms with Gasteiger partial charge in [0.2, 0.25) is 11.8 Å². The van der Waals surface area contributed by atoms with Gasteiger partial charge in [0, 0.05) is 24.9 Å². The molecule has 1 aromatic rings. The molecule has 2 heterocycles. The number of alkyl carbamates (subject to hydrolysis) is 1. The van der Waals surface area contributed by atoms with Gasteiger partial charge >= 0.3 is 12.2 Å². The van der Waals surface area contributed by atoms with Gasteiger partial charge in [-0.3, -0.25) is 19.3 Å². The van der Waals surface area contributed by atoms with E-state index >= 15 is 0 Å². The molecule has 38 heavy (non-hydrogen) atoms. The van der Waals surface area contributed by atoms with Crippen LogP contribution in [0.1, 0.15) is 51.7 Å². The lowest BCUT2D eigenvalue weighted by Gasteiger charge is -2.28. The van der Waals surface area contributed by atoms with Gasteiger partial charge < -0.3 is 25.4 Å². The highest BCUT2D eigenvalue weighted by Crippen LogP contribution is 2.28. The summed E-state index contributed by atoms with van der Waals surface area (Å²) in [4.78, 5) is 65.6. The number of primary amides is 1. The van der Waals surface area contributed by atoms with Crippen LogP contribution in [0.25, 0.3) is 0 Å². The molecule has 2 unspecified atom stereocenters. The van der Waals surface area contributed by atoms with Crippen molar-refractivity contribution in [1.82, 2.24) is 15.1 Å². The average molecular weight is 533 g/mol. The van der Waals surface area contributed by atoms with Crippen LogP contribution in [-0.4, -0.2) is 69.9 Å². The summed E-state index contributed by atoms with van der Waals surface area (Å²) < 4.78 is 24.8. The van der Waals surface area contributed by atoms with E-state index in [1.165, 1.54) is 17.9 Å². The number of nitrogens with one attached hydrogen (secondary N) is 1. The molecule has 0 bridgehead atoms. The van der Waals surface area contributed by atoms with Gasteiger partial charge in [-0.25, -0.2) is 14.0 Å². The first-order valence-electron chi connectivity index (χ1n) is 12.2. The second kappa shape index (κ2) is 11.2. The third-order valence-corrected chi connectivity index (χ3v) is 6.18. The summed E-state index contributed by atoms with van der Waals surface area (Å²) in [5.41, 5.74) is 5.91. The number of fused-ring (bicyclic) bond motifs is 1. The lowest BCUT2D eigenvalue weighted by molar-refractivity contribution is -0.140. The molecule has 4 amide bonds. The molecule has 12 heteroatoms. The molecule has 1 fully saturated rings. The van der Waals surface area contributed by atoms with Crippen molar-refractivity contribution in [2.75, 3.05) is 6.54 Å². The van der Waals surface area contributed by atoms with Crippen LogP contribution in [0.5, 0.6) is 0 Å². The van der Waals surface area contributed by atoms with E-state index in [0.717, 1.165) is 4.90 Å². The van der Waals surface area contributed by atoms with E-state index in [1.54, 1.807) is 32.9 Å². The quantitative estimate of drug-likeness (QED) is 0.511. The molecule has 11 nitrogen and oxygen atoms in total. The molecule has 2 aliphatic heterocycles. The van der Waals surface area contributed by atoms with E-state index in [0.29, 0.717) is 11.1 Å². The number of hydrogen-bond donors (Lipinski definition) is 2. The summed E-state index contributed by atoms with van der Waals surface area (Å²) in [5, 5.41) is 2.39. The summed E-state index contributed by atoms with van der Waals surface area (Å²) in [7, 11) is 0. The van der Waals surface area contributed by atoms with Crippen molar-refractivity contribution >= 4 is 29.8 Å². The van der Waals surface area contributed by atoms with Crippen LogP contribution < -0.4 is 11.1 Å². The van der Waals surface area contributed by atoms with Crippen molar-refractivity contribution in [2.45, 2.75) is 77.4 Å². The number of nitrogens with zero attached hydrogens (tertiary/aromatic N) is 2. The number of ketones is 1. The topological polar surface area (TPSA) is 148 Å². The number of carbonyl (C=O) groups is 5. The van der Waals surface area contributed by atoms with E-state index in [-0.39, 0.29) is 31.6 Å². The van der Waals surface area contributed by atoms with Crippen LogP contribution in [0.3, 0.4) is 0 Å². The number of allylic oxidation sites excluding steroid dienone is 1. The summed E-state index contributed by atoms with van der Waals surface area (Å²) >= 11 is 0. The highest BCUT2D eigenvalue weighted by Gasteiger charge is 2.44. The number of halogens is 1. The normalized spacial score (nSPS) is 19.4. The Hall–Kier alpha value is -3.96. The van der Waals surface area contributed by atoms with Crippen LogP contribution in [0, 0.1) is 5.82 Å². The monoisotopic (exact) mass is 532 g/mol. The number of amides is 4. The second-order valence-corrected chi connectivity index (χ2v) is 10.5. The lowest BCUT2D eigenvalue weighted by atomic mass is 10.0. The summed E-state index contributed by atoms with van der Waals surface area (Å²) in [6, 6.07) is 2.07. The van der Waals surface area contributed by atoms with Gasteiger partial charge in [-0.15, -0.1) is 0 Å². The molecule has 0 aromatic heterocycles. The molecular weight excluding hydrogens is 499 g/mol. The van der Waals surface area contributed by atoms with Crippen LogP contribution in [0.2, 0.25) is 0 Å². The number of hydrogen-bond acceptors (Lipinski definition) is 7. The number of carbonyl (C=O) groups excluding carboxylic acids is 5. The van der Waals surface area contributed by atoms with Gasteiger partial charge in [-0.1, -0.05) is 18.7 Å². The van der Waals surface area contributed by atoms with E-state index in [9.17, 15) is 28.4 Å². The number of rotatable bonds is 7. The minimum atomic E-state index is -1.37. The molecule has 1 aromatic carbocycles. The van der Waals surface area contributed by atoms with Gasteiger partial charge in [0.05, 0.1) is 13.1 Å². The highest BCUT2D eigenvalue weighted by atomic mass is 19.1. The Morgan fingerprint density at radius 3 is 2.47 bits per heavy atom. The largest absolute Gasteiger partial charge is 0.444 e. The number of nitrogens with two attached hydrogens (primary N) is 1. The molecule has 206 valence electrons. The zero-order valence-electron chi connectivity index (χ0n) is 21.9. The standard InChI is InChI=1S/C26H33FN4O7/c1-14(2)21(32)10-19(29-24(35)38-26(3,4)5)23(34)31-12-16(9-20(31)22(28)33)37-25(36)30-11-15-7-6-8-18(27)17(15)13-30/h6-8,16,19-20H,1,9-13H2,2-5H3,(H2,28,33)(H,29,35)/t16?,19-,20?/m0/s1. The van der Waals surface area contributed by atoms with Crippen molar-refractivity contribution in [2.24, 2.45) is 5.73 Å². The molecule has 0 saturated carbocycles. The summed E-state index contributed by atoms with van der Waals surface area (Å²) in [6.45, 7) is 9.95. The predicted octanol–water partition coefficient (Wildman–Crippen LogP) is 2.16. The van der Waals surface area contributed by atoms with Gasteiger partial charge in [-0.05, 0) is 44.9 Å². The number of likely N-dealkylation sites (tertiary alicyclic amines) is 1. The van der Waals surface area contributed by atoms with Gasteiger partial charge in [0.15, 0.2) is 5.78 Å². The van der Waals surface area contributed by atoms with Crippen LogP contribution >= 0.6 is 0 Å². The minimum Gasteiger partial charge on any atom is -0.444 e. The van der Waals surface area contributed by atoms with Gasteiger partial charge in [-0.2, -0.15) is 0 Å². The van der Waals surface area contributed by atoms with Gasteiger partial charge in [0.1, 0.15) is 29.6 Å². The number of Topliss-reactive ketones (excluding diaryl/α,β-unsaturated/α-hetero) is 1. The maximum Gasteiger partial charge on any atom is 0.410 e. The summed E-state index contributed by atoms with van der Waals surface area (Å²) in [6.07, 6.45) is -3.04. The molecule has 1 saturated heterocycles. The summed E-state index contributed by atoms with van der Waals surface area (Å²) in [5.74, 6) is -2.49. The fraction of sp³-hybridized carbons (Fsp3) is 0.500. The van der Waals surface area contributed by atoms with E-state index in [2.05, 4.69) is 11.9 Å². The first-order valence-corrected chi connectivity index (χ1v) is 12.2. The van der Waals surface area contributed by atoms with Crippen molar-refractivity contribution in [3.63, 3.8) is 0 Å². The lowest BCUT2D eigenvalue weighted by Crippen LogP contribution is -2.54. The van der Waals surface area contributed by atoms with E-state index in [1.807, 2.05) is 0 Å². The molecule has 2 aliphatic rings. The average Bonchev–Trinajstić information content (AvgIpc) is 3.42. The Kier molecular flexibility index (Phi) is 8.43. The van der Waals surface area contributed by atoms with E-state index < -0.39 is 65.8 Å². The Labute approximate surface area is 220 Å². The third kappa shape index (κ3) is 6.87. The third-order valence-electron chi connectivity index (χ3n) is 6.18. The van der Waals surface area contributed by atoms with Gasteiger partial charge in [0.25, 0.3) is 0 Å². The molecule has 3 rings (SSSR count). The Morgan fingerprint density at radius 2 is 1.89 bits per heavy atom. The van der Waals surface area contributed by atoms with Crippen molar-refractivity contribution in [3.05, 3.63) is 47.3 Å². The van der Waals surface area contributed by atoms with Crippen LogP contribution in [-0.2, 0) is 36.9 Å². The molecule has 0 radical (unpaired) electrons. The second-order valence-electron chi connectivity index (χ2n) is 10.5. The zero-order chi connectivity index (χ0) is 28.4. The molecule has 0 aliphatic carbocycles. The molecular formula is C26H33FN4O7. The predicted molar refractivity (Wildman–Crippen MR) is 133 cm³/mol. The van der Waals surface area contributed by atoms with Crippen molar-refractivity contribution in [3.8, 4) is 0 Å².